The normalized spacial score (nSPS) is 31.1. The molecule has 0 spiro atoms. The Morgan fingerprint density at radius 3 is 3.07 bits per heavy atom. The highest BCUT2D eigenvalue weighted by Gasteiger charge is 2.36. The van der Waals surface area contributed by atoms with Crippen LogP contribution in [0.5, 0.6) is 0 Å². The lowest BCUT2D eigenvalue weighted by Crippen LogP contribution is -2.46. The van der Waals surface area contributed by atoms with Crippen LogP contribution in [-0.2, 0) is 4.79 Å². The minimum atomic E-state index is -0.256. The van der Waals surface area contributed by atoms with Gasteiger partial charge in [0.2, 0.25) is 0 Å². The van der Waals surface area contributed by atoms with Crippen LogP contribution in [-0.4, -0.2) is 35.5 Å². The molecule has 74 valence electrons. The molecule has 0 fully saturated rings. The minimum Gasteiger partial charge on any atom is -0.318 e. The number of hydrogen-bond acceptors (Lipinski definition) is 3. The van der Waals surface area contributed by atoms with E-state index >= 15 is 0 Å². The predicted octanol–water partition coefficient (Wildman–Crippen LogP) is 1.36. The van der Waals surface area contributed by atoms with Crippen molar-refractivity contribution >= 4 is 44.9 Å². The van der Waals surface area contributed by atoms with E-state index in [0.717, 1.165) is 0 Å². The van der Waals surface area contributed by atoms with Crippen molar-refractivity contribution in [2.24, 2.45) is 15.9 Å². The molecule has 0 aromatic carbocycles. The van der Waals surface area contributed by atoms with E-state index < -0.39 is 0 Å². The monoisotopic (exact) mass is 275 g/mol. The molecule has 14 heavy (non-hydrogen) atoms. The van der Waals surface area contributed by atoms with Crippen molar-refractivity contribution in [3.63, 3.8) is 0 Å². The van der Waals surface area contributed by atoms with Crippen molar-refractivity contribution in [2.45, 2.75) is 6.17 Å². The average Bonchev–Trinajstić information content (AvgIpc) is 2.17. The number of aliphatic imine (C=N–C) groups is 2. The van der Waals surface area contributed by atoms with E-state index in [2.05, 4.69) is 25.9 Å². The molecular weight excluding hydrogens is 269 g/mol. The Kier molecular flexibility index (Phi) is 2.45. The number of halogens is 2. The molecule has 2 aliphatic heterocycles. The van der Waals surface area contributed by atoms with Crippen LogP contribution in [0.2, 0.25) is 0 Å². The summed E-state index contributed by atoms with van der Waals surface area (Å²) in [5, 5.41) is 0.460. The van der Waals surface area contributed by atoms with Gasteiger partial charge in [-0.2, -0.15) is 0 Å². The molecule has 2 heterocycles. The molecule has 2 aliphatic rings. The summed E-state index contributed by atoms with van der Waals surface area (Å²) < 4.78 is 0.506. The van der Waals surface area contributed by atoms with Crippen LogP contribution in [0, 0.1) is 5.92 Å². The first-order valence-corrected chi connectivity index (χ1v) is 5.17. The number of rotatable bonds is 0. The van der Waals surface area contributed by atoms with Gasteiger partial charge in [0.05, 0.1) is 10.4 Å². The first-order valence-electron chi connectivity index (χ1n) is 4.00. The molecule has 0 radical (unpaired) electrons. The molecule has 0 aromatic rings. The Bertz CT molecular complexity index is 377. The van der Waals surface area contributed by atoms with Crippen LogP contribution >= 0.6 is 27.5 Å². The molecule has 4 nitrogen and oxygen atoms in total. The Balaban J connectivity index is 2.43. The topological polar surface area (TPSA) is 45.0 Å². The molecule has 2 rings (SSSR count). The highest BCUT2D eigenvalue weighted by Crippen LogP contribution is 2.29. The maximum Gasteiger partial charge on any atom is 0.262 e. The van der Waals surface area contributed by atoms with Crippen molar-refractivity contribution in [3.05, 3.63) is 10.6 Å². The molecule has 0 bridgehead atoms. The summed E-state index contributed by atoms with van der Waals surface area (Å²) in [5.41, 5.74) is 0. The molecule has 0 N–H and O–H groups in total. The lowest BCUT2D eigenvalue weighted by atomic mass is 10.0. The zero-order valence-corrected chi connectivity index (χ0v) is 9.66. The van der Waals surface area contributed by atoms with Gasteiger partial charge in [-0.15, -0.1) is 0 Å². The van der Waals surface area contributed by atoms with Gasteiger partial charge in [0.1, 0.15) is 17.7 Å². The fourth-order valence-electron chi connectivity index (χ4n) is 1.47. The first kappa shape index (κ1) is 9.86. The van der Waals surface area contributed by atoms with E-state index in [0.29, 0.717) is 9.65 Å². The second-order valence-corrected chi connectivity index (χ2v) is 4.33. The van der Waals surface area contributed by atoms with Gasteiger partial charge in [0.25, 0.3) is 5.91 Å². The molecular formula is C8H7BrClN3O. The third-order valence-corrected chi connectivity index (χ3v) is 3.20. The summed E-state index contributed by atoms with van der Waals surface area (Å²) in [5.74, 6) is -0.214. The van der Waals surface area contributed by atoms with Gasteiger partial charge in [0.15, 0.2) is 0 Å². The lowest BCUT2D eigenvalue weighted by Gasteiger charge is -2.34. The van der Waals surface area contributed by atoms with E-state index in [9.17, 15) is 4.79 Å². The number of nitrogens with zero attached hydrogens (tertiary/aromatic N) is 3. The maximum absolute atomic E-state index is 11.5. The summed E-state index contributed by atoms with van der Waals surface area (Å²) in [6.45, 7) is 0. The Hall–Kier alpha value is -0.680. The van der Waals surface area contributed by atoms with E-state index in [1.54, 1.807) is 18.0 Å². The minimum absolute atomic E-state index is 0.0882. The number of hydrogen-bond donors (Lipinski definition) is 0. The number of amides is 1. The SMILES string of the molecule is CN1C(=O)C(Br)=CC2C(Cl)=NC=NC21. The number of carbonyl (C=O) groups is 1. The molecule has 0 saturated heterocycles. The summed E-state index contributed by atoms with van der Waals surface area (Å²) in [4.78, 5) is 21.1. The zero-order chi connectivity index (χ0) is 10.3. The second-order valence-electron chi connectivity index (χ2n) is 3.09. The fraction of sp³-hybridized carbons (Fsp3) is 0.375. The fourth-order valence-corrected chi connectivity index (χ4v) is 2.26. The highest BCUT2D eigenvalue weighted by atomic mass is 79.9. The van der Waals surface area contributed by atoms with Crippen molar-refractivity contribution in [1.29, 1.82) is 0 Å². The molecule has 1 amide bonds. The molecule has 0 aliphatic carbocycles. The first-order chi connectivity index (χ1) is 6.61. The Morgan fingerprint density at radius 2 is 2.36 bits per heavy atom. The molecule has 2 atom stereocenters. The van der Waals surface area contributed by atoms with E-state index in [1.807, 2.05) is 0 Å². The molecule has 0 saturated carbocycles. The van der Waals surface area contributed by atoms with Crippen LogP contribution in [0.4, 0.5) is 0 Å². The maximum atomic E-state index is 11.5. The second kappa shape index (κ2) is 3.47. The van der Waals surface area contributed by atoms with Gasteiger partial charge in [-0.05, 0) is 15.9 Å². The van der Waals surface area contributed by atoms with Gasteiger partial charge in [-0.25, -0.2) is 9.98 Å². The van der Waals surface area contributed by atoms with Crippen molar-refractivity contribution in [3.8, 4) is 0 Å². The summed E-state index contributed by atoms with van der Waals surface area (Å²) in [6, 6.07) is 0. The summed E-state index contributed by atoms with van der Waals surface area (Å²) in [7, 11) is 1.70. The Labute approximate surface area is 94.5 Å². The molecule has 6 heteroatoms. The molecule has 2 unspecified atom stereocenters. The van der Waals surface area contributed by atoms with Crippen LogP contribution in [0.25, 0.3) is 0 Å². The third kappa shape index (κ3) is 1.40. The van der Waals surface area contributed by atoms with Crippen LogP contribution in [0.3, 0.4) is 0 Å². The predicted molar refractivity (Wildman–Crippen MR) is 58.8 cm³/mol. The molecule has 0 aromatic heterocycles. The number of carbonyl (C=O) groups excluding carboxylic acids is 1. The number of fused-ring (bicyclic) bond motifs is 1. The van der Waals surface area contributed by atoms with E-state index in [-0.39, 0.29) is 18.0 Å². The van der Waals surface area contributed by atoms with E-state index in [1.165, 1.54) is 6.34 Å². The van der Waals surface area contributed by atoms with Gasteiger partial charge < -0.3 is 4.90 Å². The van der Waals surface area contributed by atoms with Crippen LogP contribution in [0.15, 0.2) is 20.5 Å². The highest BCUT2D eigenvalue weighted by molar-refractivity contribution is 9.12. The van der Waals surface area contributed by atoms with Gasteiger partial charge >= 0.3 is 0 Å². The standard InChI is InChI=1S/C8H7BrClN3O/c1-13-7-4(2-5(9)8(13)14)6(10)11-3-12-7/h2-4,7H,1H3. The average molecular weight is 277 g/mol. The zero-order valence-electron chi connectivity index (χ0n) is 7.32. The summed E-state index contributed by atoms with van der Waals surface area (Å²) in [6.07, 6.45) is 2.88. The lowest BCUT2D eigenvalue weighted by molar-refractivity contribution is -0.128. The van der Waals surface area contributed by atoms with Crippen LogP contribution in [0.1, 0.15) is 0 Å². The van der Waals surface area contributed by atoms with Crippen molar-refractivity contribution in [2.75, 3.05) is 7.05 Å². The smallest absolute Gasteiger partial charge is 0.262 e. The van der Waals surface area contributed by atoms with Crippen molar-refractivity contribution < 1.29 is 4.79 Å². The van der Waals surface area contributed by atoms with Gasteiger partial charge in [0, 0.05) is 7.05 Å². The number of likely N-dealkylation sites (N-methyl/N-ethyl adjacent to an activating group) is 1. The third-order valence-electron chi connectivity index (χ3n) is 2.24. The van der Waals surface area contributed by atoms with Gasteiger partial charge in [-0.3, -0.25) is 4.79 Å². The van der Waals surface area contributed by atoms with Crippen molar-refractivity contribution in [1.82, 2.24) is 4.90 Å². The van der Waals surface area contributed by atoms with Crippen LogP contribution < -0.4 is 0 Å². The Morgan fingerprint density at radius 1 is 1.64 bits per heavy atom. The quantitative estimate of drug-likeness (QED) is 0.659. The summed E-state index contributed by atoms with van der Waals surface area (Å²) >= 11 is 9.11. The van der Waals surface area contributed by atoms with E-state index in [4.69, 9.17) is 11.6 Å². The largest absolute Gasteiger partial charge is 0.318 e. The van der Waals surface area contributed by atoms with Gasteiger partial charge in [-0.1, -0.05) is 17.7 Å².